The van der Waals surface area contributed by atoms with Crippen molar-refractivity contribution in [3.8, 4) is 0 Å². The molecule has 2 amide bonds. The first-order valence-corrected chi connectivity index (χ1v) is 8.28. The summed E-state index contributed by atoms with van der Waals surface area (Å²) in [4.78, 5) is 21.4. The Morgan fingerprint density at radius 2 is 1.43 bits per heavy atom. The van der Waals surface area contributed by atoms with Crippen LogP contribution in [0.5, 0.6) is 0 Å². The zero-order chi connectivity index (χ0) is 14.7. The predicted molar refractivity (Wildman–Crippen MR) is 81.5 cm³/mol. The number of morpholine rings is 1. The number of piperazine rings is 1. The van der Waals surface area contributed by atoms with Gasteiger partial charge in [-0.15, -0.1) is 0 Å². The van der Waals surface area contributed by atoms with Crippen molar-refractivity contribution in [2.24, 2.45) is 0 Å². The van der Waals surface area contributed by atoms with Crippen LogP contribution >= 0.6 is 0 Å². The number of hydrogen-bond acceptors (Lipinski definition) is 4. The highest BCUT2D eigenvalue weighted by Gasteiger charge is 2.30. The van der Waals surface area contributed by atoms with Crippen molar-refractivity contribution in [2.45, 2.75) is 18.9 Å². The van der Waals surface area contributed by atoms with E-state index in [1.54, 1.807) is 0 Å². The minimum absolute atomic E-state index is 0.210. The molecule has 0 aromatic heterocycles. The lowest BCUT2D eigenvalue weighted by Gasteiger charge is -2.43. The molecule has 3 rings (SSSR count). The van der Waals surface area contributed by atoms with Crippen LogP contribution in [0.2, 0.25) is 0 Å². The van der Waals surface area contributed by atoms with E-state index in [9.17, 15) is 4.79 Å². The number of ether oxygens (including phenoxy) is 1. The molecule has 3 fully saturated rings. The topological polar surface area (TPSA) is 39.3 Å². The molecule has 120 valence electrons. The number of carbonyl (C=O) groups is 1. The van der Waals surface area contributed by atoms with Gasteiger partial charge in [0.2, 0.25) is 0 Å². The Labute approximate surface area is 127 Å². The summed E-state index contributed by atoms with van der Waals surface area (Å²) in [5.74, 6) is 0. The Balaban J connectivity index is 1.45. The van der Waals surface area contributed by atoms with Crippen LogP contribution in [0, 0.1) is 0 Å². The zero-order valence-electron chi connectivity index (χ0n) is 13.2. The normalized spacial score (nSPS) is 27.1. The standard InChI is InChI=1S/C15H28N4O2/c1-16-4-2-14(3-5-16)17-6-8-18(9-7-17)15(20)19-10-12-21-13-11-19/h14H,2-13H2,1H3. The third-order valence-electron chi connectivity index (χ3n) is 5.07. The van der Waals surface area contributed by atoms with Gasteiger partial charge >= 0.3 is 6.03 Å². The molecule has 0 bridgehead atoms. The maximum absolute atomic E-state index is 12.5. The first-order chi connectivity index (χ1) is 10.2. The molecule has 3 aliphatic heterocycles. The van der Waals surface area contributed by atoms with Crippen LogP contribution in [0.3, 0.4) is 0 Å². The van der Waals surface area contributed by atoms with Crippen LogP contribution in [0.4, 0.5) is 4.79 Å². The third kappa shape index (κ3) is 3.67. The summed E-state index contributed by atoms with van der Waals surface area (Å²) in [5.41, 5.74) is 0. The number of urea groups is 1. The third-order valence-corrected chi connectivity index (χ3v) is 5.07. The highest BCUT2D eigenvalue weighted by molar-refractivity contribution is 5.74. The summed E-state index contributed by atoms with van der Waals surface area (Å²) in [6.45, 7) is 9.08. The van der Waals surface area contributed by atoms with Crippen LogP contribution < -0.4 is 0 Å². The lowest BCUT2D eigenvalue weighted by atomic mass is 10.0. The Morgan fingerprint density at radius 1 is 0.857 bits per heavy atom. The van der Waals surface area contributed by atoms with E-state index in [1.807, 2.05) is 9.80 Å². The highest BCUT2D eigenvalue weighted by Crippen LogP contribution is 2.18. The minimum atomic E-state index is 0.210. The van der Waals surface area contributed by atoms with Crippen molar-refractivity contribution in [3.63, 3.8) is 0 Å². The molecular formula is C15H28N4O2. The predicted octanol–water partition coefficient (Wildman–Crippen LogP) is 0.150. The van der Waals surface area contributed by atoms with Gasteiger partial charge in [0.1, 0.15) is 0 Å². The molecule has 0 radical (unpaired) electrons. The fraction of sp³-hybridized carbons (Fsp3) is 0.933. The van der Waals surface area contributed by atoms with E-state index in [2.05, 4.69) is 16.8 Å². The van der Waals surface area contributed by atoms with Crippen molar-refractivity contribution < 1.29 is 9.53 Å². The maximum atomic E-state index is 12.5. The fourth-order valence-corrected chi connectivity index (χ4v) is 3.59. The van der Waals surface area contributed by atoms with Crippen molar-refractivity contribution in [1.82, 2.24) is 19.6 Å². The number of amides is 2. The Kier molecular flexibility index (Phi) is 4.98. The van der Waals surface area contributed by atoms with Gasteiger partial charge in [-0.3, -0.25) is 4.90 Å². The Bertz CT molecular complexity index is 344. The quantitative estimate of drug-likeness (QED) is 0.690. The van der Waals surface area contributed by atoms with Crippen molar-refractivity contribution >= 4 is 6.03 Å². The van der Waals surface area contributed by atoms with Crippen LogP contribution in [-0.2, 0) is 4.74 Å². The van der Waals surface area contributed by atoms with Crippen LogP contribution in [-0.4, -0.2) is 104 Å². The first kappa shape index (κ1) is 15.1. The number of carbonyl (C=O) groups excluding carboxylic acids is 1. The molecule has 6 heteroatoms. The van der Waals surface area contributed by atoms with Crippen molar-refractivity contribution in [3.05, 3.63) is 0 Å². The molecular weight excluding hydrogens is 268 g/mol. The zero-order valence-corrected chi connectivity index (χ0v) is 13.2. The lowest BCUT2D eigenvalue weighted by molar-refractivity contribution is 0.0307. The van der Waals surface area contributed by atoms with Gasteiger partial charge in [0.15, 0.2) is 0 Å². The number of piperidine rings is 1. The number of rotatable bonds is 1. The second-order valence-corrected chi connectivity index (χ2v) is 6.44. The van der Waals surface area contributed by atoms with E-state index in [4.69, 9.17) is 4.74 Å². The van der Waals surface area contributed by atoms with E-state index in [-0.39, 0.29) is 6.03 Å². The van der Waals surface area contributed by atoms with Crippen molar-refractivity contribution in [1.29, 1.82) is 0 Å². The van der Waals surface area contributed by atoms with Crippen LogP contribution in [0.1, 0.15) is 12.8 Å². The average Bonchev–Trinajstić information content (AvgIpc) is 2.56. The van der Waals surface area contributed by atoms with Gasteiger partial charge in [-0.25, -0.2) is 4.79 Å². The molecule has 3 heterocycles. The lowest BCUT2D eigenvalue weighted by Crippen LogP contribution is -2.57. The second kappa shape index (κ2) is 6.94. The smallest absolute Gasteiger partial charge is 0.320 e. The van der Waals surface area contributed by atoms with Crippen molar-refractivity contribution in [2.75, 3.05) is 72.6 Å². The monoisotopic (exact) mass is 296 g/mol. The molecule has 3 saturated heterocycles. The van der Waals surface area contributed by atoms with Gasteiger partial charge in [0, 0.05) is 45.3 Å². The minimum Gasteiger partial charge on any atom is -0.378 e. The second-order valence-electron chi connectivity index (χ2n) is 6.44. The molecule has 0 aromatic rings. The molecule has 0 atom stereocenters. The molecule has 0 N–H and O–H groups in total. The highest BCUT2D eigenvalue weighted by atomic mass is 16.5. The summed E-state index contributed by atoms with van der Waals surface area (Å²) in [6.07, 6.45) is 2.54. The van der Waals surface area contributed by atoms with Gasteiger partial charge in [0.05, 0.1) is 13.2 Å². The summed E-state index contributed by atoms with van der Waals surface area (Å²) < 4.78 is 5.32. The van der Waals surface area contributed by atoms with Gasteiger partial charge < -0.3 is 19.4 Å². The summed E-state index contributed by atoms with van der Waals surface area (Å²) in [7, 11) is 2.20. The van der Waals surface area contributed by atoms with E-state index >= 15 is 0 Å². The molecule has 0 saturated carbocycles. The fourth-order valence-electron chi connectivity index (χ4n) is 3.59. The molecule has 0 unspecified atom stereocenters. The van der Waals surface area contributed by atoms with E-state index in [0.29, 0.717) is 13.2 Å². The van der Waals surface area contributed by atoms with Gasteiger partial charge in [-0.05, 0) is 33.0 Å². The maximum Gasteiger partial charge on any atom is 0.320 e. The Hall–Kier alpha value is -0.850. The SMILES string of the molecule is CN1CCC(N2CCN(C(=O)N3CCOCC3)CC2)CC1. The number of hydrogen-bond donors (Lipinski definition) is 0. The molecule has 21 heavy (non-hydrogen) atoms. The largest absolute Gasteiger partial charge is 0.378 e. The first-order valence-electron chi connectivity index (χ1n) is 8.28. The van der Waals surface area contributed by atoms with Crippen LogP contribution in [0.15, 0.2) is 0 Å². The summed E-state index contributed by atoms with van der Waals surface area (Å²) in [6, 6.07) is 0.933. The summed E-state index contributed by atoms with van der Waals surface area (Å²) >= 11 is 0. The van der Waals surface area contributed by atoms with E-state index < -0.39 is 0 Å². The molecule has 3 aliphatic rings. The number of likely N-dealkylation sites (tertiary alicyclic amines) is 1. The Morgan fingerprint density at radius 3 is 2.05 bits per heavy atom. The van der Waals surface area contributed by atoms with Gasteiger partial charge in [-0.2, -0.15) is 0 Å². The molecule has 0 spiro atoms. The molecule has 0 aromatic carbocycles. The van der Waals surface area contributed by atoms with E-state index in [1.165, 1.54) is 25.9 Å². The van der Waals surface area contributed by atoms with Crippen LogP contribution in [0.25, 0.3) is 0 Å². The average molecular weight is 296 g/mol. The van der Waals surface area contributed by atoms with E-state index in [0.717, 1.165) is 45.3 Å². The van der Waals surface area contributed by atoms with Gasteiger partial charge in [0.25, 0.3) is 0 Å². The van der Waals surface area contributed by atoms with Gasteiger partial charge in [-0.1, -0.05) is 0 Å². The summed E-state index contributed by atoms with van der Waals surface area (Å²) in [5, 5.41) is 0. The molecule has 6 nitrogen and oxygen atoms in total. The number of nitrogens with zero attached hydrogens (tertiary/aromatic N) is 4. The molecule has 0 aliphatic carbocycles.